The Labute approximate surface area is 192 Å². The number of phenols is 4. The molecule has 0 saturated heterocycles. The minimum atomic E-state index is -1.64. The Morgan fingerprint density at radius 3 is 2.15 bits per heavy atom. The summed E-state index contributed by atoms with van der Waals surface area (Å²) in [5.74, 6) is -1.80. The minimum absolute atomic E-state index is 0.0783. The van der Waals surface area contributed by atoms with Crippen LogP contribution in [0.4, 0.5) is 0 Å². The number of aromatic hydroxyl groups is 4. The van der Waals surface area contributed by atoms with E-state index in [4.69, 9.17) is 14.2 Å². The average molecular weight is 468 g/mol. The minimum Gasteiger partial charge on any atom is -0.508 e. The smallest absolute Gasteiger partial charge is 0.202 e. The summed E-state index contributed by atoms with van der Waals surface area (Å²) < 4.78 is 17.6. The van der Waals surface area contributed by atoms with Crippen LogP contribution in [0.25, 0.3) is 0 Å². The summed E-state index contributed by atoms with van der Waals surface area (Å²) in [7, 11) is 0. The number of hydrogen-bond acceptors (Lipinski definition) is 10. The molecule has 0 aliphatic carbocycles. The first-order valence-corrected chi connectivity index (χ1v) is 10.3. The third-order valence-electron chi connectivity index (χ3n) is 5.80. The highest BCUT2D eigenvalue weighted by Gasteiger charge is 2.40. The molecule has 10 heteroatoms. The van der Waals surface area contributed by atoms with Gasteiger partial charge in [-0.2, -0.15) is 0 Å². The number of carbonyl (C=O) groups is 1. The Bertz CT molecular complexity index is 1290. The van der Waals surface area contributed by atoms with Crippen LogP contribution in [0.3, 0.4) is 0 Å². The summed E-state index contributed by atoms with van der Waals surface area (Å²) in [6.45, 7) is -0.393. The fraction of sp³-hybridized carbons (Fsp3) is 0.208. The van der Waals surface area contributed by atoms with Gasteiger partial charge in [-0.25, -0.2) is 0 Å². The van der Waals surface area contributed by atoms with Crippen LogP contribution in [0.1, 0.15) is 33.7 Å². The van der Waals surface area contributed by atoms with E-state index in [0.29, 0.717) is 16.9 Å². The van der Waals surface area contributed by atoms with E-state index >= 15 is 0 Å². The number of fused-ring (bicyclic) bond motifs is 2. The van der Waals surface area contributed by atoms with Gasteiger partial charge >= 0.3 is 0 Å². The summed E-state index contributed by atoms with van der Waals surface area (Å²) in [6, 6.07) is 10.8. The monoisotopic (exact) mass is 468 g/mol. The second-order valence-electron chi connectivity index (χ2n) is 8.02. The molecule has 0 aromatic heterocycles. The molecule has 2 heterocycles. The molecule has 0 spiro atoms. The first kappa shape index (κ1) is 21.7. The molecule has 176 valence electrons. The van der Waals surface area contributed by atoms with Crippen LogP contribution < -0.4 is 14.2 Å². The van der Waals surface area contributed by atoms with Crippen molar-refractivity contribution in [2.75, 3.05) is 6.61 Å². The molecule has 34 heavy (non-hydrogen) atoms. The predicted molar refractivity (Wildman–Crippen MR) is 115 cm³/mol. The molecule has 6 N–H and O–H groups in total. The number of carbonyl (C=O) groups excluding carboxylic acids is 1. The summed E-state index contributed by atoms with van der Waals surface area (Å²) in [6.07, 6.45) is -4.45. The highest BCUT2D eigenvalue weighted by atomic mass is 16.6. The second-order valence-corrected chi connectivity index (χ2v) is 8.02. The van der Waals surface area contributed by atoms with Gasteiger partial charge in [0.2, 0.25) is 5.78 Å². The maximum atomic E-state index is 12.7. The van der Waals surface area contributed by atoms with Crippen LogP contribution >= 0.6 is 0 Å². The van der Waals surface area contributed by atoms with Gasteiger partial charge in [-0.05, 0) is 29.8 Å². The molecule has 0 bridgehead atoms. The lowest BCUT2D eigenvalue weighted by Gasteiger charge is -2.35. The Balaban J connectivity index is 1.50. The SMILES string of the molecule is O=C1c2c(O)cc(O)cc2O[C@H](c2ccc3c(c2)O[C@@H](c2ccc(O)c(O)c2)[C@H](CO)O3)[C@H]1O. The van der Waals surface area contributed by atoms with E-state index in [2.05, 4.69) is 0 Å². The van der Waals surface area contributed by atoms with Gasteiger partial charge in [-0.3, -0.25) is 4.79 Å². The Hall–Kier alpha value is -4.15. The van der Waals surface area contributed by atoms with Crippen molar-refractivity contribution in [3.05, 3.63) is 65.2 Å². The van der Waals surface area contributed by atoms with Gasteiger partial charge in [0.25, 0.3) is 0 Å². The second kappa shape index (κ2) is 8.01. The van der Waals surface area contributed by atoms with E-state index in [9.17, 15) is 35.4 Å². The van der Waals surface area contributed by atoms with E-state index < -0.39 is 42.6 Å². The summed E-state index contributed by atoms with van der Waals surface area (Å²) in [5, 5.41) is 59.6. The number of rotatable bonds is 3. The highest BCUT2D eigenvalue weighted by Crippen LogP contribution is 2.45. The number of ketones is 1. The van der Waals surface area contributed by atoms with Crippen molar-refractivity contribution in [2.45, 2.75) is 24.4 Å². The lowest BCUT2D eigenvalue weighted by atomic mass is 9.92. The lowest BCUT2D eigenvalue weighted by molar-refractivity contribution is -0.0130. The van der Waals surface area contributed by atoms with E-state index in [1.807, 2.05) is 0 Å². The van der Waals surface area contributed by atoms with Gasteiger partial charge in [0.1, 0.15) is 22.8 Å². The normalized spacial score (nSPS) is 23.2. The van der Waals surface area contributed by atoms with E-state index in [1.54, 1.807) is 6.07 Å². The number of hydrogen-bond donors (Lipinski definition) is 6. The fourth-order valence-electron chi connectivity index (χ4n) is 4.13. The standard InChI is InChI=1S/C24H20O10/c25-9-19-23(10-1-3-13(27)14(28)5-10)33-17-6-11(2-4-16(17)32-19)24-22(31)21(30)20-15(29)7-12(26)8-18(20)34-24/h1-8,19,22-29,31H,9H2/t19-,22-,23-,24+/m0/s1. The van der Waals surface area contributed by atoms with Gasteiger partial charge in [0.05, 0.1) is 6.61 Å². The highest BCUT2D eigenvalue weighted by molar-refractivity contribution is 6.05. The molecular formula is C24H20O10. The van der Waals surface area contributed by atoms with Crippen LogP contribution in [0.2, 0.25) is 0 Å². The number of ether oxygens (including phenoxy) is 3. The Morgan fingerprint density at radius 1 is 0.706 bits per heavy atom. The number of aliphatic hydroxyl groups is 2. The van der Waals surface area contributed by atoms with Crippen LogP contribution in [0, 0.1) is 0 Å². The molecule has 5 rings (SSSR count). The van der Waals surface area contributed by atoms with Gasteiger partial charge in [0.15, 0.2) is 47.4 Å². The van der Waals surface area contributed by atoms with E-state index in [0.717, 1.165) is 6.07 Å². The zero-order valence-corrected chi connectivity index (χ0v) is 17.5. The van der Waals surface area contributed by atoms with Crippen molar-refractivity contribution in [3.63, 3.8) is 0 Å². The maximum Gasteiger partial charge on any atom is 0.202 e. The van der Waals surface area contributed by atoms with Crippen molar-refractivity contribution in [2.24, 2.45) is 0 Å². The molecule has 0 radical (unpaired) electrons. The molecule has 0 amide bonds. The number of aliphatic hydroxyl groups excluding tert-OH is 2. The fourth-order valence-corrected chi connectivity index (χ4v) is 4.13. The van der Waals surface area contributed by atoms with Crippen molar-refractivity contribution < 1.29 is 49.6 Å². The van der Waals surface area contributed by atoms with Crippen LogP contribution in [-0.4, -0.2) is 55.2 Å². The largest absolute Gasteiger partial charge is 0.508 e. The van der Waals surface area contributed by atoms with Crippen molar-refractivity contribution in [1.29, 1.82) is 0 Å². The number of benzene rings is 3. The van der Waals surface area contributed by atoms with Crippen LogP contribution in [-0.2, 0) is 0 Å². The Morgan fingerprint density at radius 2 is 1.41 bits per heavy atom. The molecule has 0 saturated carbocycles. The zero-order valence-electron chi connectivity index (χ0n) is 17.5. The summed E-state index contributed by atoms with van der Waals surface area (Å²) >= 11 is 0. The van der Waals surface area contributed by atoms with Gasteiger partial charge < -0.3 is 44.8 Å². The first-order chi connectivity index (χ1) is 16.3. The molecule has 2 aliphatic heterocycles. The van der Waals surface area contributed by atoms with Gasteiger partial charge in [-0.1, -0.05) is 12.1 Å². The topological polar surface area (TPSA) is 166 Å². The van der Waals surface area contributed by atoms with Crippen LogP contribution in [0.5, 0.6) is 40.2 Å². The summed E-state index contributed by atoms with van der Waals surface area (Å²) in [5.41, 5.74) is 0.568. The molecule has 0 unspecified atom stereocenters. The molecule has 10 nitrogen and oxygen atoms in total. The average Bonchev–Trinajstić information content (AvgIpc) is 2.81. The van der Waals surface area contributed by atoms with E-state index in [1.165, 1.54) is 36.4 Å². The molecular weight excluding hydrogens is 448 g/mol. The third kappa shape index (κ3) is 3.49. The lowest BCUT2D eigenvalue weighted by Crippen LogP contribution is -2.37. The van der Waals surface area contributed by atoms with Crippen LogP contribution in [0.15, 0.2) is 48.5 Å². The molecule has 3 aromatic rings. The van der Waals surface area contributed by atoms with Crippen molar-refractivity contribution in [3.8, 4) is 40.2 Å². The third-order valence-corrected chi connectivity index (χ3v) is 5.80. The molecule has 2 aliphatic rings. The zero-order chi connectivity index (χ0) is 24.1. The van der Waals surface area contributed by atoms with Crippen molar-refractivity contribution in [1.82, 2.24) is 0 Å². The first-order valence-electron chi connectivity index (χ1n) is 10.3. The van der Waals surface area contributed by atoms with Crippen molar-refractivity contribution >= 4 is 5.78 Å². The van der Waals surface area contributed by atoms with Gasteiger partial charge in [-0.15, -0.1) is 0 Å². The number of phenolic OH excluding ortho intramolecular Hbond substituents is 4. The number of Topliss-reactive ketones (excluding diaryl/α,β-unsaturated/α-hetero) is 1. The Kier molecular flexibility index (Phi) is 5.11. The summed E-state index contributed by atoms with van der Waals surface area (Å²) in [4.78, 5) is 12.7. The maximum absolute atomic E-state index is 12.7. The van der Waals surface area contributed by atoms with Gasteiger partial charge in [0, 0.05) is 17.7 Å². The van der Waals surface area contributed by atoms with E-state index in [-0.39, 0.29) is 34.3 Å². The molecule has 3 aromatic carbocycles. The quantitative estimate of drug-likeness (QED) is 0.313. The molecule has 4 atom stereocenters. The molecule has 0 fully saturated rings. The predicted octanol–water partition coefficient (Wildman–Crippen LogP) is 2.06.